The van der Waals surface area contributed by atoms with Crippen LogP contribution in [0.3, 0.4) is 0 Å². The first-order chi connectivity index (χ1) is 10.0. The molecular weight excluding hydrogens is 266 g/mol. The van der Waals surface area contributed by atoms with Crippen LogP contribution in [0.2, 0.25) is 0 Å². The molecule has 0 saturated heterocycles. The monoisotopic (exact) mass is 287 g/mol. The number of aryl methyl sites for hydroxylation is 1. The summed E-state index contributed by atoms with van der Waals surface area (Å²) in [4.78, 5) is 22.0. The summed E-state index contributed by atoms with van der Waals surface area (Å²) in [6.45, 7) is 8.30. The second-order valence-electron chi connectivity index (χ2n) is 6.00. The topological polar surface area (TPSA) is 62.1 Å². The molecule has 3 rings (SSSR count). The number of rotatable bonds is 3. The van der Waals surface area contributed by atoms with E-state index in [4.69, 9.17) is 4.42 Å². The molecule has 0 spiro atoms. The van der Waals surface area contributed by atoms with Gasteiger partial charge in [0, 0.05) is 25.4 Å². The van der Waals surface area contributed by atoms with Crippen LogP contribution in [0, 0.1) is 6.92 Å². The fourth-order valence-electron chi connectivity index (χ4n) is 2.70. The molecule has 0 amide bonds. The van der Waals surface area contributed by atoms with E-state index >= 15 is 0 Å². The number of furan rings is 1. The SMILES string of the molecule is Cc1ccc(CN2CCc3nc(C(C)C)[nH]c(=O)c3C2)o1. The maximum atomic E-state index is 12.2. The minimum absolute atomic E-state index is 0.00373. The summed E-state index contributed by atoms with van der Waals surface area (Å²) in [5.41, 5.74) is 1.76. The van der Waals surface area contributed by atoms with Crippen LogP contribution in [0.5, 0.6) is 0 Å². The van der Waals surface area contributed by atoms with Gasteiger partial charge in [0.05, 0.1) is 17.8 Å². The molecule has 1 aliphatic heterocycles. The van der Waals surface area contributed by atoms with Gasteiger partial charge in [-0.15, -0.1) is 0 Å². The van der Waals surface area contributed by atoms with Crippen LogP contribution in [-0.2, 0) is 19.5 Å². The Kier molecular flexibility index (Phi) is 3.68. The molecule has 2 aromatic heterocycles. The molecule has 0 unspecified atom stereocenters. The molecule has 2 aromatic rings. The van der Waals surface area contributed by atoms with E-state index in [1.54, 1.807) is 0 Å². The molecule has 5 heteroatoms. The van der Waals surface area contributed by atoms with Crippen molar-refractivity contribution in [2.45, 2.75) is 46.2 Å². The molecular formula is C16H21N3O2. The number of aromatic amines is 1. The van der Waals surface area contributed by atoms with Crippen LogP contribution in [0.25, 0.3) is 0 Å². The van der Waals surface area contributed by atoms with E-state index < -0.39 is 0 Å². The first-order valence-electron chi connectivity index (χ1n) is 7.42. The van der Waals surface area contributed by atoms with Gasteiger partial charge < -0.3 is 9.40 Å². The summed E-state index contributed by atoms with van der Waals surface area (Å²) in [5, 5.41) is 0. The highest BCUT2D eigenvalue weighted by atomic mass is 16.3. The molecule has 1 aliphatic rings. The molecule has 112 valence electrons. The van der Waals surface area contributed by atoms with Gasteiger partial charge in [-0.1, -0.05) is 13.8 Å². The molecule has 1 N–H and O–H groups in total. The predicted octanol–water partition coefficient (Wildman–Crippen LogP) is 2.35. The zero-order valence-electron chi connectivity index (χ0n) is 12.8. The molecule has 0 radical (unpaired) electrons. The van der Waals surface area contributed by atoms with E-state index in [1.165, 1.54) is 0 Å². The van der Waals surface area contributed by atoms with E-state index in [9.17, 15) is 4.79 Å². The third-order valence-electron chi connectivity index (χ3n) is 3.89. The van der Waals surface area contributed by atoms with Gasteiger partial charge in [0.15, 0.2) is 0 Å². The van der Waals surface area contributed by atoms with Crippen molar-refractivity contribution < 1.29 is 4.42 Å². The van der Waals surface area contributed by atoms with Gasteiger partial charge in [0.2, 0.25) is 0 Å². The third kappa shape index (κ3) is 2.93. The second-order valence-corrected chi connectivity index (χ2v) is 6.00. The summed E-state index contributed by atoms with van der Waals surface area (Å²) in [6, 6.07) is 3.96. The Morgan fingerprint density at radius 2 is 2.24 bits per heavy atom. The quantitative estimate of drug-likeness (QED) is 0.941. The Morgan fingerprint density at radius 1 is 1.43 bits per heavy atom. The number of hydrogen-bond donors (Lipinski definition) is 1. The van der Waals surface area contributed by atoms with Crippen molar-refractivity contribution in [1.82, 2.24) is 14.9 Å². The lowest BCUT2D eigenvalue weighted by atomic mass is 10.1. The highest BCUT2D eigenvalue weighted by Crippen LogP contribution is 2.19. The number of nitrogens with zero attached hydrogens (tertiary/aromatic N) is 2. The van der Waals surface area contributed by atoms with Crippen molar-refractivity contribution >= 4 is 0 Å². The highest BCUT2D eigenvalue weighted by Gasteiger charge is 2.22. The third-order valence-corrected chi connectivity index (χ3v) is 3.89. The molecule has 0 aliphatic carbocycles. The average Bonchev–Trinajstić information content (AvgIpc) is 2.84. The Morgan fingerprint density at radius 3 is 2.90 bits per heavy atom. The summed E-state index contributed by atoms with van der Waals surface area (Å²) in [7, 11) is 0. The molecule has 0 aromatic carbocycles. The maximum absolute atomic E-state index is 12.2. The van der Waals surface area contributed by atoms with Gasteiger partial charge in [0.25, 0.3) is 5.56 Å². The van der Waals surface area contributed by atoms with Crippen LogP contribution in [-0.4, -0.2) is 21.4 Å². The number of hydrogen-bond acceptors (Lipinski definition) is 4. The largest absolute Gasteiger partial charge is 0.465 e. The molecule has 3 heterocycles. The van der Waals surface area contributed by atoms with Crippen LogP contribution < -0.4 is 5.56 Å². The molecule has 0 saturated carbocycles. The minimum Gasteiger partial charge on any atom is -0.465 e. The van der Waals surface area contributed by atoms with E-state index in [2.05, 4.69) is 14.9 Å². The van der Waals surface area contributed by atoms with Crippen LogP contribution in [0.1, 0.15) is 48.4 Å². The maximum Gasteiger partial charge on any atom is 0.255 e. The van der Waals surface area contributed by atoms with Crippen LogP contribution in [0.15, 0.2) is 21.3 Å². The molecule has 21 heavy (non-hydrogen) atoms. The van der Waals surface area contributed by atoms with Gasteiger partial charge >= 0.3 is 0 Å². The first-order valence-corrected chi connectivity index (χ1v) is 7.42. The van der Waals surface area contributed by atoms with Crippen LogP contribution in [0.4, 0.5) is 0 Å². The summed E-state index contributed by atoms with van der Waals surface area (Å²) >= 11 is 0. The van der Waals surface area contributed by atoms with Gasteiger partial charge in [-0.2, -0.15) is 0 Å². The van der Waals surface area contributed by atoms with E-state index in [0.29, 0.717) is 6.54 Å². The Hall–Kier alpha value is -1.88. The first kappa shape index (κ1) is 14.1. The number of H-pyrrole nitrogens is 1. The van der Waals surface area contributed by atoms with Crippen LogP contribution >= 0.6 is 0 Å². The lowest BCUT2D eigenvalue weighted by Crippen LogP contribution is -2.35. The Bertz CT molecular complexity index is 700. The molecule has 0 bridgehead atoms. The Labute approximate surface area is 124 Å². The smallest absolute Gasteiger partial charge is 0.255 e. The number of aromatic nitrogens is 2. The molecule has 0 fully saturated rings. The lowest BCUT2D eigenvalue weighted by molar-refractivity contribution is 0.221. The standard InChI is InChI=1S/C16H21N3O2/c1-10(2)15-17-14-6-7-19(9-13(14)16(20)18-15)8-12-5-4-11(3)21-12/h4-5,10H,6-9H2,1-3H3,(H,17,18,20). The van der Waals surface area contributed by atoms with Crippen molar-refractivity contribution in [2.24, 2.45) is 0 Å². The normalized spacial score (nSPS) is 15.4. The number of fused-ring (bicyclic) bond motifs is 1. The van der Waals surface area contributed by atoms with Gasteiger partial charge in [0.1, 0.15) is 17.3 Å². The van der Waals surface area contributed by atoms with E-state index in [-0.39, 0.29) is 11.5 Å². The number of nitrogens with one attached hydrogen (secondary N) is 1. The Balaban J connectivity index is 1.81. The summed E-state index contributed by atoms with van der Waals surface area (Å²) < 4.78 is 5.61. The fourth-order valence-corrected chi connectivity index (χ4v) is 2.70. The molecule has 5 nitrogen and oxygen atoms in total. The zero-order valence-corrected chi connectivity index (χ0v) is 12.8. The minimum atomic E-state index is 0.00373. The summed E-state index contributed by atoms with van der Waals surface area (Å²) in [5.74, 6) is 2.89. The average molecular weight is 287 g/mol. The highest BCUT2D eigenvalue weighted by molar-refractivity contribution is 5.21. The van der Waals surface area contributed by atoms with Gasteiger partial charge in [-0.25, -0.2) is 4.98 Å². The van der Waals surface area contributed by atoms with Crippen molar-refractivity contribution in [3.63, 3.8) is 0 Å². The van der Waals surface area contributed by atoms with Crippen molar-refractivity contribution in [1.29, 1.82) is 0 Å². The van der Waals surface area contributed by atoms with E-state index in [1.807, 2.05) is 32.9 Å². The van der Waals surface area contributed by atoms with Crippen molar-refractivity contribution in [3.05, 3.63) is 51.1 Å². The van der Waals surface area contributed by atoms with Crippen molar-refractivity contribution in [2.75, 3.05) is 6.54 Å². The second kappa shape index (κ2) is 5.48. The fraction of sp³-hybridized carbons (Fsp3) is 0.500. The predicted molar refractivity (Wildman–Crippen MR) is 80.2 cm³/mol. The molecule has 0 atom stereocenters. The van der Waals surface area contributed by atoms with Crippen molar-refractivity contribution in [3.8, 4) is 0 Å². The van der Waals surface area contributed by atoms with Gasteiger partial charge in [-0.05, 0) is 19.1 Å². The lowest BCUT2D eigenvalue weighted by Gasteiger charge is -2.27. The summed E-state index contributed by atoms with van der Waals surface area (Å²) in [6.07, 6.45) is 0.818. The zero-order chi connectivity index (χ0) is 15.0. The van der Waals surface area contributed by atoms with E-state index in [0.717, 1.165) is 48.1 Å². The van der Waals surface area contributed by atoms with Gasteiger partial charge in [-0.3, -0.25) is 9.69 Å².